The summed E-state index contributed by atoms with van der Waals surface area (Å²) in [6.45, 7) is 10.7. The van der Waals surface area contributed by atoms with Gasteiger partial charge in [-0.2, -0.15) is 0 Å². The first-order valence-electron chi connectivity index (χ1n) is 10.7. The van der Waals surface area contributed by atoms with Gasteiger partial charge >= 0.3 is 0 Å². The lowest BCUT2D eigenvalue weighted by molar-refractivity contribution is -0.127. The highest BCUT2D eigenvalue weighted by atomic mass is 35.5. The van der Waals surface area contributed by atoms with Crippen LogP contribution in [-0.4, -0.2) is 23.9 Å². The van der Waals surface area contributed by atoms with Crippen molar-refractivity contribution in [2.75, 3.05) is 13.1 Å². The third-order valence-electron chi connectivity index (χ3n) is 6.00. The van der Waals surface area contributed by atoms with Crippen LogP contribution in [0.15, 0.2) is 42.5 Å². The molecule has 1 heterocycles. The SMILES string of the molecule is C[C@@H](NC(=O)C1CCN(Cc2ccc(Cl)cc2F)CC1)c1ccc(C(C)(C)C)cc1. The average Bonchev–Trinajstić information content (AvgIpc) is 2.70. The summed E-state index contributed by atoms with van der Waals surface area (Å²) in [5.41, 5.74) is 3.17. The second kappa shape index (κ2) is 9.49. The van der Waals surface area contributed by atoms with Gasteiger partial charge in [-0.05, 0) is 61.5 Å². The fraction of sp³-hybridized carbons (Fsp3) is 0.480. The number of amides is 1. The molecule has 1 N–H and O–H groups in total. The Morgan fingerprint density at radius 2 is 1.80 bits per heavy atom. The molecule has 2 aromatic rings. The predicted octanol–water partition coefficient (Wildman–Crippen LogP) is 5.87. The summed E-state index contributed by atoms with van der Waals surface area (Å²) in [7, 11) is 0. The maximum absolute atomic E-state index is 14.0. The van der Waals surface area contributed by atoms with E-state index >= 15 is 0 Å². The van der Waals surface area contributed by atoms with E-state index in [1.807, 2.05) is 6.92 Å². The molecule has 1 aliphatic heterocycles. The number of rotatable bonds is 5. The minimum absolute atomic E-state index is 0.00705. The number of carbonyl (C=O) groups is 1. The molecule has 3 nitrogen and oxygen atoms in total. The molecule has 0 saturated carbocycles. The van der Waals surface area contributed by atoms with Crippen LogP contribution in [0.3, 0.4) is 0 Å². The Morgan fingerprint density at radius 1 is 1.17 bits per heavy atom. The highest BCUT2D eigenvalue weighted by Crippen LogP contribution is 2.25. The predicted molar refractivity (Wildman–Crippen MR) is 121 cm³/mol. The van der Waals surface area contributed by atoms with E-state index in [4.69, 9.17) is 11.6 Å². The summed E-state index contributed by atoms with van der Waals surface area (Å²) < 4.78 is 14.0. The molecule has 1 fully saturated rings. The topological polar surface area (TPSA) is 32.3 Å². The van der Waals surface area contributed by atoms with Crippen LogP contribution in [0.5, 0.6) is 0 Å². The van der Waals surface area contributed by atoms with E-state index in [-0.39, 0.29) is 29.1 Å². The molecular formula is C25H32ClFN2O. The summed E-state index contributed by atoms with van der Waals surface area (Å²) in [6, 6.07) is 13.3. The van der Waals surface area contributed by atoms with E-state index in [1.165, 1.54) is 11.6 Å². The van der Waals surface area contributed by atoms with Crippen LogP contribution in [0.2, 0.25) is 5.02 Å². The Bertz CT molecular complexity index is 868. The molecule has 1 amide bonds. The van der Waals surface area contributed by atoms with Crippen molar-refractivity contribution in [3.05, 3.63) is 70.0 Å². The quantitative estimate of drug-likeness (QED) is 0.643. The zero-order valence-electron chi connectivity index (χ0n) is 18.3. The first kappa shape index (κ1) is 22.8. The first-order chi connectivity index (χ1) is 14.1. The molecule has 1 saturated heterocycles. The van der Waals surface area contributed by atoms with Gasteiger partial charge in [0.2, 0.25) is 5.91 Å². The standard InChI is InChI=1S/C25H32ClFN2O/c1-17(18-5-8-21(9-6-18)25(2,3)4)28-24(30)19-11-13-29(14-12-19)16-20-7-10-22(26)15-23(20)27/h5-10,15,17,19H,11-14,16H2,1-4H3,(H,28,30)/t17-/m1/s1. The molecule has 1 aliphatic rings. The molecule has 5 heteroatoms. The number of benzene rings is 2. The summed E-state index contributed by atoms with van der Waals surface area (Å²) in [5, 5.41) is 3.58. The average molecular weight is 431 g/mol. The van der Waals surface area contributed by atoms with Crippen molar-refractivity contribution in [3.8, 4) is 0 Å². The first-order valence-corrected chi connectivity index (χ1v) is 11.1. The van der Waals surface area contributed by atoms with Crippen molar-refractivity contribution in [2.24, 2.45) is 5.92 Å². The lowest BCUT2D eigenvalue weighted by Gasteiger charge is -2.32. The molecule has 0 spiro atoms. The van der Waals surface area contributed by atoms with Gasteiger partial charge in [-0.25, -0.2) is 4.39 Å². The van der Waals surface area contributed by atoms with Crippen LogP contribution >= 0.6 is 11.6 Å². The monoisotopic (exact) mass is 430 g/mol. The number of halogens is 2. The Kier molecular flexibility index (Phi) is 7.20. The van der Waals surface area contributed by atoms with Crippen molar-refractivity contribution < 1.29 is 9.18 Å². The molecule has 3 rings (SSSR count). The Morgan fingerprint density at radius 3 is 2.37 bits per heavy atom. The minimum atomic E-state index is -0.270. The lowest BCUT2D eigenvalue weighted by atomic mass is 9.86. The van der Waals surface area contributed by atoms with Crippen LogP contribution < -0.4 is 5.32 Å². The fourth-order valence-electron chi connectivity index (χ4n) is 3.93. The Balaban J connectivity index is 1.50. The third kappa shape index (κ3) is 5.83. The van der Waals surface area contributed by atoms with Crippen LogP contribution in [0.1, 0.15) is 63.3 Å². The molecule has 1 atom stereocenters. The molecule has 0 radical (unpaired) electrons. The normalized spacial score (nSPS) is 17.0. The number of nitrogens with one attached hydrogen (secondary N) is 1. The van der Waals surface area contributed by atoms with Gasteiger partial charge in [-0.3, -0.25) is 9.69 Å². The maximum Gasteiger partial charge on any atom is 0.223 e. The number of carbonyl (C=O) groups excluding carboxylic acids is 1. The van der Waals surface area contributed by atoms with Crippen LogP contribution in [0, 0.1) is 11.7 Å². The van der Waals surface area contributed by atoms with Gasteiger partial charge in [-0.1, -0.05) is 62.7 Å². The van der Waals surface area contributed by atoms with Crippen LogP contribution in [-0.2, 0) is 16.8 Å². The molecule has 0 unspecified atom stereocenters. The molecule has 30 heavy (non-hydrogen) atoms. The molecule has 0 aromatic heterocycles. The number of hydrogen-bond donors (Lipinski definition) is 1. The molecule has 0 bridgehead atoms. The Hall–Kier alpha value is -1.91. The minimum Gasteiger partial charge on any atom is -0.349 e. The second-order valence-corrected chi connectivity index (χ2v) is 9.82. The van der Waals surface area contributed by atoms with Gasteiger partial charge in [0.25, 0.3) is 0 Å². The zero-order valence-corrected chi connectivity index (χ0v) is 19.1. The van der Waals surface area contributed by atoms with Gasteiger partial charge in [-0.15, -0.1) is 0 Å². The number of hydrogen-bond acceptors (Lipinski definition) is 2. The van der Waals surface area contributed by atoms with Gasteiger partial charge in [0.15, 0.2) is 0 Å². The zero-order chi connectivity index (χ0) is 21.9. The van der Waals surface area contributed by atoms with Crippen LogP contribution in [0.4, 0.5) is 4.39 Å². The van der Waals surface area contributed by atoms with E-state index < -0.39 is 0 Å². The molecule has 2 aromatic carbocycles. The summed E-state index contributed by atoms with van der Waals surface area (Å²) >= 11 is 5.83. The smallest absolute Gasteiger partial charge is 0.223 e. The molecular weight excluding hydrogens is 399 g/mol. The summed E-state index contributed by atoms with van der Waals surface area (Å²) in [6.07, 6.45) is 1.58. The van der Waals surface area contributed by atoms with Gasteiger partial charge < -0.3 is 5.32 Å². The second-order valence-electron chi connectivity index (χ2n) is 9.39. The number of piperidine rings is 1. The molecule has 0 aliphatic carbocycles. The maximum atomic E-state index is 14.0. The van der Waals surface area contributed by atoms with Gasteiger partial charge in [0.05, 0.1) is 6.04 Å². The van der Waals surface area contributed by atoms with E-state index in [1.54, 1.807) is 12.1 Å². The van der Waals surface area contributed by atoms with Crippen molar-refractivity contribution in [1.82, 2.24) is 10.2 Å². The van der Waals surface area contributed by atoms with Crippen molar-refractivity contribution in [1.29, 1.82) is 0 Å². The van der Waals surface area contributed by atoms with Gasteiger partial charge in [0, 0.05) is 23.0 Å². The van der Waals surface area contributed by atoms with E-state index in [0.717, 1.165) is 31.5 Å². The lowest BCUT2D eigenvalue weighted by Crippen LogP contribution is -2.41. The van der Waals surface area contributed by atoms with E-state index in [9.17, 15) is 9.18 Å². The van der Waals surface area contributed by atoms with E-state index in [0.29, 0.717) is 17.1 Å². The van der Waals surface area contributed by atoms with Gasteiger partial charge in [0.1, 0.15) is 5.82 Å². The largest absolute Gasteiger partial charge is 0.349 e. The number of nitrogens with zero attached hydrogens (tertiary/aromatic N) is 1. The third-order valence-corrected chi connectivity index (χ3v) is 6.24. The van der Waals surface area contributed by atoms with E-state index in [2.05, 4.69) is 55.3 Å². The fourth-order valence-corrected chi connectivity index (χ4v) is 4.09. The highest BCUT2D eigenvalue weighted by Gasteiger charge is 2.26. The van der Waals surface area contributed by atoms with Crippen molar-refractivity contribution in [2.45, 2.75) is 58.5 Å². The van der Waals surface area contributed by atoms with Crippen molar-refractivity contribution in [3.63, 3.8) is 0 Å². The summed E-state index contributed by atoms with van der Waals surface area (Å²) in [4.78, 5) is 15.0. The number of likely N-dealkylation sites (tertiary alicyclic amines) is 1. The van der Waals surface area contributed by atoms with Crippen molar-refractivity contribution >= 4 is 17.5 Å². The Labute approximate surface area is 184 Å². The molecule has 162 valence electrons. The summed E-state index contributed by atoms with van der Waals surface area (Å²) in [5.74, 6) is -0.152. The highest BCUT2D eigenvalue weighted by molar-refractivity contribution is 6.30. The van der Waals surface area contributed by atoms with Crippen LogP contribution in [0.25, 0.3) is 0 Å².